The fourth-order valence-electron chi connectivity index (χ4n) is 3.50. The normalized spacial score (nSPS) is 13.5. The first-order valence-corrected chi connectivity index (χ1v) is 9.89. The second-order valence-electron chi connectivity index (χ2n) is 7.20. The van der Waals surface area contributed by atoms with Crippen molar-refractivity contribution in [3.05, 3.63) is 106 Å². The summed E-state index contributed by atoms with van der Waals surface area (Å²) in [5.74, 6) is -1.27. The lowest BCUT2D eigenvalue weighted by Gasteiger charge is -2.16. The highest BCUT2D eigenvalue weighted by atomic mass is 19.1. The van der Waals surface area contributed by atoms with Gasteiger partial charge in [0.1, 0.15) is 17.3 Å². The SMILES string of the molecule is COc1cccc(NC2=C(c3ccc([N+](=O)[O-])cc3)C(=O)N(Cc3ccccc3F)C2=O)c1. The van der Waals surface area contributed by atoms with Crippen LogP contribution in [-0.2, 0) is 16.1 Å². The summed E-state index contributed by atoms with van der Waals surface area (Å²) < 4.78 is 19.4. The Morgan fingerprint density at radius 3 is 2.39 bits per heavy atom. The van der Waals surface area contributed by atoms with Crippen molar-refractivity contribution in [2.75, 3.05) is 12.4 Å². The molecule has 2 amide bonds. The van der Waals surface area contributed by atoms with Crippen molar-refractivity contribution in [2.45, 2.75) is 6.54 Å². The highest BCUT2D eigenvalue weighted by Crippen LogP contribution is 2.33. The first-order chi connectivity index (χ1) is 15.9. The number of imide groups is 1. The molecule has 1 aliphatic heterocycles. The van der Waals surface area contributed by atoms with Gasteiger partial charge in [-0.25, -0.2) is 4.39 Å². The zero-order chi connectivity index (χ0) is 23.5. The van der Waals surface area contributed by atoms with Crippen LogP contribution in [-0.4, -0.2) is 28.7 Å². The van der Waals surface area contributed by atoms with E-state index in [1.165, 1.54) is 49.6 Å². The molecule has 0 saturated carbocycles. The molecule has 4 rings (SSSR count). The maximum Gasteiger partial charge on any atom is 0.278 e. The second-order valence-corrected chi connectivity index (χ2v) is 7.20. The molecule has 0 fully saturated rings. The van der Waals surface area contributed by atoms with E-state index < -0.39 is 22.6 Å². The molecule has 3 aromatic carbocycles. The number of benzene rings is 3. The lowest BCUT2D eigenvalue weighted by atomic mass is 10.0. The number of carbonyl (C=O) groups excluding carboxylic acids is 2. The quantitative estimate of drug-likeness (QED) is 0.332. The van der Waals surface area contributed by atoms with Crippen LogP contribution in [0.1, 0.15) is 11.1 Å². The molecule has 0 bridgehead atoms. The van der Waals surface area contributed by atoms with E-state index in [4.69, 9.17) is 4.74 Å². The number of nitro benzene ring substituents is 1. The number of anilines is 1. The minimum Gasteiger partial charge on any atom is -0.497 e. The monoisotopic (exact) mass is 447 g/mol. The van der Waals surface area contributed by atoms with Crippen LogP contribution in [0, 0.1) is 15.9 Å². The Morgan fingerprint density at radius 1 is 1.00 bits per heavy atom. The van der Waals surface area contributed by atoms with Crippen molar-refractivity contribution in [1.82, 2.24) is 4.90 Å². The summed E-state index contributed by atoms with van der Waals surface area (Å²) in [6.07, 6.45) is 0. The molecular formula is C24H18FN3O5. The van der Waals surface area contributed by atoms with Crippen LogP contribution >= 0.6 is 0 Å². The van der Waals surface area contributed by atoms with Crippen LogP contribution in [0.25, 0.3) is 5.57 Å². The number of non-ortho nitro benzene ring substituents is 1. The minimum absolute atomic E-state index is 0.0153. The van der Waals surface area contributed by atoms with Gasteiger partial charge in [0.15, 0.2) is 0 Å². The molecule has 166 valence electrons. The summed E-state index contributed by atoms with van der Waals surface area (Å²) in [5.41, 5.74) is 0.872. The zero-order valence-electron chi connectivity index (χ0n) is 17.4. The highest BCUT2D eigenvalue weighted by Gasteiger charge is 2.39. The first-order valence-electron chi connectivity index (χ1n) is 9.89. The van der Waals surface area contributed by atoms with Gasteiger partial charge in [-0.15, -0.1) is 0 Å². The highest BCUT2D eigenvalue weighted by molar-refractivity contribution is 6.36. The van der Waals surface area contributed by atoms with Crippen molar-refractivity contribution in [3.8, 4) is 5.75 Å². The predicted molar refractivity (Wildman–Crippen MR) is 119 cm³/mol. The molecule has 8 nitrogen and oxygen atoms in total. The van der Waals surface area contributed by atoms with Crippen molar-refractivity contribution >= 4 is 28.8 Å². The van der Waals surface area contributed by atoms with Crippen LogP contribution < -0.4 is 10.1 Å². The zero-order valence-corrected chi connectivity index (χ0v) is 17.4. The largest absolute Gasteiger partial charge is 0.497 e. The van der Waals surface area contributed by atoms with Gasteiger partial charge in [-0.3, -0.25) is 24.6 Å². The molecule has 1 heterocycles. The molecule has 0 saturated heterocycles. The van der Waals surface area contributed by atoms with Crippen LogP contribution in [0.15, 0.2) is 78.5 Å². The maximum absolute atomic E-state index is 14.2. The lowest BCUT2D eigenvalue weighted by molar-refractivity contribution is -0.384. The van der Waals surface area contributed by atoms with Gasteiger partial charge in [0, 0.05) is 29.4 Å². The van der Waals surface area contributed by atoms with E-state index in [9.17, 15) is 24.1 Å². The predicted octanol–water partition coefficient (Wildman–Crippen LogP) is 4.13. The molecule has 1 aliphatic rings. The number of hydrogen-bond acceptors (Lipinski definition) is 6. The summed E-state index contributed by atoms with van der Waals surface area (Å²) >= 11 is 0. The molecule has 33 heavy (non-hydrogen) atoms. The summed E-state index contributed by atoms with van der Waals surface area (Å²) in [6, 6.07) is 18.0. The Morgan fingerprint density at radius 2 is 1.73 bits per heavy atom. The number of ether oxygens (including phenoxy) is 1. The van der Waals surface area contributed by atoms with Crippen LogP contribution in [0.2, 0.25) is 0 Å². The number of halogens is 1. The average Bonchev–Trinajstić information content (AvgIpc) is 3.04. The summed E-state index contributed by atoms with van der Waals surface area (Å²) in [4.78, 5) is 38.0. The fourth-order valence-corrected chi connectivity index (χ4v) is 3.50. The summed E-state index contributed by atoms with van der Waals surface area (Å²) in [7, 11) is 1.50. The Bertz CT molecular complexity index is 1290. The van der Waals surface area contributed by atoms with E-state index in [0.29, 0.717) is 17.0 Å². The number of carbonyl (C=O) groups is 2. The molecule has 0 radical (unpaired) electrons. The van der Waals surface area contributed by atoms with Crippen LogP contribution in [0.3, 0.4) is 0 Å². The summed E-state index contributed by atoms with van der Waals surface area (Å²) in [5, 5.41) is 14.0. The number of nitrogens with one attached hydrogen (secondary N) is 1. The third-order valence-corrected chi connectivity index (χ3v) is 5.16. The van der Waals surface area contributed by atoms with Crippen LogP contribution in [0.4, 0.5) is 15.8 Å². The van der Waals surface area contributed by atoms with Gasteiger partial charge in [0.05, 0.1) is 24.2 Å². The molecule has 1 N–H and O–H groups in total. The average molecular weight is 447 g/mol. The molecule has 0 atom stereocenters. The molecule has 9 heteroatoms. The molecule has 0 spiro atoms. The topological polar surface area (TPSA) is 102 Å². The number of amides is 2. The molecule has 3 aromatic rings. The number of rotatable bonds is 7. The molecule has 0 unspecified atom stereocenters. The molecule has 0 aliphatic carbocycles. The Kier molecular flexibility index (Phi) is 5.86. The van der Waals surface area contributed by atoms with E-state index in [1.54, 1.807) is 30.3 Å². The number of methoxy groups -OCH3 is 1. The number of nitro groups is 1. The number of hydrogen-bond donors (Lipinski definition) is 1. The minimum atomic E-state index is -0.639. The third kappa shape index (κ3) is 4.29. The van der Waals surface area contributed by atoms with Crippen molar-refractivity contribution in [1.29, 1.82) is 0 Å². The van der Waals surface area contributed by atoms with E-state index in [1.807, 2.05) is 0 Å². The van der Waals surface area contributed by atoms with Gasteiger partial charge in [-0.2, -0.15) is 0 Å². The van der Waals surface area contributed by atoms with E-state index in [-0.39, 0.29) is 29.1 Å². The molecule has 0 aromatic heterocycles. The second kappa shape index (κ2) is 8.91. The Hall–Kier alpha value is -4.53. The fraction of sp³-hybridized carbons (Fsp3) is 0.0833. The van der Waals surface area contributed by atoms with Crippen molar-refractivity contribution < 1.29 is 23.6 Å². The van der Waals surface area contributed by atoms with Gasteiger partial charge >= 0.3 is 0 Å². The van der Waals surface area contributed by atoms with Crippen LogP contribution in [0.5, 0.6) is 5.75 Å². The Labute approximate surface area is 188 Å². The standard InChI is InChI=1S/C24H18FN3O5/c1-33-19-7-4-6-17(13-19)26-22-21(15-9-11-18(12-10-15)28(31)32)23(29)27(24(22)30)14-16-5-2-3-8-20(16)25/h2-13,26H,14H2,1H3. The van der Waals surface area contributed by atoms with Gasteiger partial charge in [-0.05, 0) is 35.9 Å². The lowest BCUT2D eigenvalue weighted by Crippen LogP contribution is -2.32. The molecular weight excluding hydrogens is 429 g/mol. The third-order valence-electron chi connectivity index (χ3n) is 5.16. The van der Waals surface area contributed by atoms with E-state index >= 15 is 0 Å². The van der Waals surface area contributed by atoms with E-state index in [2.05, 4.69) is 5.32 Å². The van der Waals surface area contributed by atoms with Crippen molar-refractivity contribution in [2.24, 2.45) is 0 Å². The first kappa shape index (κ1) is 21.7. The van der Waals surface area contributed by atoms with Gasteiger partial charge in [0.2, 0.25) is 0 Å². The van der Waals surface area contributed by atoms with Gasteiger partial charge in [-0.1, -0.05) is 24.3 Å². The van der Waals surface area contributed by atoms with Gasteiger partial charge < -0.3 is 10.1 Å². The smallest absolute Gasteiger partial charge is 0.278 e. The van der Waals surface area contributed by atoms with E-state index in [0.717, 1.165) is 4.90 Å². The summed E-state index contributed by atoms with van der Waals surface area (Å²) in [6.45, 7) is -0.260. The van der Waals surface area contributed by atoms with Gasteiger partial charge in [0.25, 0.3) is 17.5 Å². The van der Waals surface area contributed by atoms with Crippen molar-refractivity contribution in [3.63, 3.8) is 0 Å². The Balaban J connectivity index is 1.76. The number of nitrogens with zero attached hydrogens (tertiary/aromatic N) is 2. The maximum atomic E-state index is 14.2.